The van der Waals surface area contributed by atoms with Gasteiger partial charge in [0, 0.05) is 17.8 Å². The zero-order chi connectivity index (χ0) is 19.5. The fourth-order valence-electron chi connectivity index (χ4n) is 3.88. The number of nitrogens with zero attached hydrogens (tertiary/aromatic N) is 2. The van der Waals surface area contributed by atoms with E-state index in [-0.39, 0.29) is 24.3 Å². The lowest BCUT2D eigenvalue weighted by Gasteiger charge is -2.24. The van der Waals surface area contributed by atoms with E-state index >= 15 is 0 Å². The highest BCUT2D eigenvalue weighted by atomic mass is 16.5. The fourth-order valence-corrected chi connectivity index (χ4v) is 3.88. The monoisotopic (exact) mass is 377 g/mol. The number of hydrogen-bond donors (Lipinski definition) is 1. The van der Waals surface area contributed by atoms with Crippen LogP contribution in [0.15, 0.2) is 53.5 Å². The second-order valence-corrected chi connectivity index (χ2v) is 7.05. The van der Waals surface area contributed by atoms with E-state index in [1.807, 2.05) is 48.5 Å². The smallest absolute Gasteiger partial charge is 0.240 e. The summed E-state index contributed by atoms with van der Waals surface area (Å²) in [6.07, 6.45) is 2.61. The van der Waals surface area contributed by atoms with E-state index < -0.39 is 0 Å². The van der Waals surface area contributed by atoms with Crippen molar-refractivity contribution in [2.45, 2.75) is 25.8 Å². The SMILES string of the molecule is COc1ccccc1CNC(=O)CN1C(=O)[C@H]2CCCC2=Nc2ccccc21. The number of fused-ring (bicyclic) bond motifs is 2. The number of benzene rings is 2. The normalized spacial score (nSPS) is 18.0. The Morgan fingerprint density at radius 2 is 2.00 bits per heavy atom. The number of carbonyl (C=O) groups excluding carboxylic acids is 2. The minimum atomic E-state index is -0.214. The molecule has 1 heterocycles. The Labute approximate surface area is 164 Å². The first-order valence-corrected chi connectivity index (χ1v) is 9.54. The molecule has 144 valence electrons. The summed E-state index contributed by atoms with van der Waals surface area (Å²) in [6, 6.07) is 15.1. The lowest BCUT2D eigenvalue weighted by molar-refractivity contribution is -0.124. The number of amides is 2. The number of carbonyl (C=O) groups is 2. The van der Waals surface area contributed by atoms with Crippen molar-refractivity contribution < 1.29 is 14.3 Å². The molecule has 2 amide bonds. The maximum absolute atomic E-state index is 13.1. The molecule has 6 nitrogen and oxygen atoms in total. The molecule has 28 heavy (non-hydrogen) atoms. The Balaban J connectivity index is 1.52. The molecule has 2 aromatic carbocycles. The van der Waals surface area contributed by atoms with Gasteiger partial charge in [-0.2, -0.15) is 0 Å². The van der Waals surface area contributed by atoms with E-state index in [1.165, 1.54) is 0 Å². The van der Waals surface area contributed by atoms with Gasteiger partial charge in [0.2, 0.25) is 11.8 Å². The third kappa shape index (κ3) is 3.50. The van der Waals surface area contributed by atoms with Crippen LogP contribution in [0.4, 0.5) is 11.4 Å². The van der Waals surface area contributed by atoms with E-state index in [0.29, 0.717) is 12.2 Å². The number of anilines is 1. The first-order chi connectivity index (χ1) is 13.7. The molecule has 1 atom stereocenters. The van der Waals surface area contributed by atoms with Gasteiger partial charge < -0.3 is 15.0 Å². The summed E-state index contributed by atoms with van der Waals surface area (Å²) in [6.45, 7) is 0.321. The van der Waals surface area contributed by atoms with Crippen LogP contribution >= 0.6 is 0 Å². The molecule has 4 rings (SSSR count). The first kappa shape index (κ1) is 18.2. The summed E-state index contributed by atoms with van der Waals surface area (Å²) in [7, 11) is 1.60. The zero-order valence-corrected chi connectivity index (χ0v) is 15.9. The van der Waals surface area contributed by atoms with Gasteiger partial charge >= 0.3 is 0 Å². The summed E-state index contributed by atoms with van der Waals surface area (Å²) in [5.41, 5.74) is 3.28. The average Bonchev–Trinajstić information content (AvgIpc) is 3.15. The molecule has 1 fully saturated rings. The second-order valence-electron chi connectivity index (χ2n) is 7.05. The fraction of sp³-hybridized carbons (Fsp3) is 0.318. The molecule has 1 saturated carbocycles. The van der Waals surface area contributed by atoms with Crippen molar-refractivity contribution in [1.82, 2.24) is 5.32 Å². The topological polar surface area (TPSA) is 71.0 Å². The van der Waals surface area contributed by atoms with Crippen LogP contribution in [0.1, 0.15) is 24.8 Å². The van der Waals surface area contributed by atoms with Crippen molar-refractivity contribution in [3.8, 4) is 5.75 Å². The molecule has 1 aliphatic heterocycles. The third-order valence-electron chi connectivity index (χ3n) is 5.30. The maximum Gasteiger partial charge on any atom is 0.240 e. The molecule has 1 N–H and O–H groups in total. The van der Waals surface area contributed by atoms with Gasteiger partial charge in [-0.3, -0.25) is 14.6 Å². The van der Waals surface area contributed by atoms with Crippen LogP contribution in [0.5, 0.6) is 5.75 Å². The molecule has 0 spiro atoms. The Bertz CT molecular complexity index is 938. The summed E-state index contributed by atoms with van der Waals surface area (Å²) in [5.74, 6) is 0.265. The molecule has 1 aliphatic carbocycles. The van der Waals surface area contributed by atoms with Crippen molar-refractivity contribution in [2.75, 3.05) is 18.6 Å². The third-order valence-corrected chi connectivity index (χ3v) is 5.30. The van der Waals surface area contributed by atoms with Crippen molar-refractivity contribution >= 4 is 28.9 Å². The van der Waals surface area contributed by atoms with Crippen molar-refractivity contribution in [3.63, 3.8) is 0 Å². The highest BCUT2D eigenvalue weighted by Gasteiger charge is 2.36. The van der Waals surface area contributed by atoms with Crippen LogP contribution < -0.4 is 15.0 Å². The standard InChI is InChI=1S/C22H23N3O3/c1-28-20-12-5-2-7-15(20)13-23-21(26)14-25-19-11-4-3-9-18(19)24-17-10-6-8-16(17)22(25)27/h2-5,7,9,11-12,16H,6,8,10,13-14H2,1H3,(H,23,26)/t16-/m0/s1. The number of nitrogens with one attached hydrogen (secondary N) is 1. The van der Waals surface area contributed by atoms with Gasteiger partial charge in [-0.15, -0.1) is 0 Å². The zero-order valence-electron chi connectivity index (χ0n) is 15.9. The van der Waals surface area contributed by atoms with Gasteiger partial charge in [-0.1, -0.05) is 30.3 Å². The highest BCUT2D eigenvalue weighted by molar-refractivity contribution is 6.16. The van der Waals surface area contributed by atoms with Crippen LogP contribution in [-0.2, 0) is 16.1 Å². The Hall–Kier alpha value is -3.15. The molecule has 0 unspecified atom stereocenters. The molecule has 6 heteroatoms. The van der Waals surface area contributed by atoms with E-state index in [0.717, 1.165) is 42.0 Å². The number of methoxy groups -OCH3 is 1. The maximum atomic E-state index is 13.1. The van der Waals surface area contributed by atoms with Gasteiger partial charge in [0.15, 0.2) is 0 Å². The molecular weight excluding hydrogens is 354 g/mol. The minimum absolute atomic E-state index is 0.0235. The van der Waals surface area contributed by atoms with E-state index in [2.05, 4.69) is 5.32 Å². The number of rotatable bonds is 5. The van der Waals surface area contributed by atoms with Crippen LogP contribution in [0.2, 0.25) is 0 Å². The summed E-state index contributed by atoms with van der Waals surface area (Å²) < 4.78 is 5.32. The molecule has 0 aromatic heterocycles. The summed E-state index contributed by atoms with van der Waals surface area (Å²) >= 11 is 0. The molecule has 2 aliphatic rings. The Morgan fingerprint density at radius 3 is 2.86 bits per heavy atom. The van der Waals surface area contributed by atoms with Gasteiger partial charge in [-0.05, 0) is 37.5 Å². The van der Waals surface area contributed by atoms with Gasteiger partial charge in [-0.25, -0.2) is 0 Å². The second kappa shape index (κ2) is 7.84. The molecule has 0 bridgehead atoms. The molecule has 0 saturated heterocycles. The minimum Gasteiger partial charge on any atom is -0.496 e. The molecule has 0 radical (unpaired) electrons. The van der Waals surface area contributed by atoms with E-state index in [9.17, 15) is 9.59 Å². The average molecular weight is 377 g/mol. The number of hydrogen-bond acceptors (Lipinski definition) is 4. The molecule has 2 aromatic rings. The Morgan fingerprint density at radius 1 is 1.21 bits per heavy atom. The highest BCUT2D eigenvalue weighted by Crippen LogP contribution is 2.37. The predicted octanol–water partition coefficient (Wildman–Crippen LogP) is 3.23. The van der Waals surface area contributed by atoms with Crippen LogP contribution in [0.25, 0.3) is 0 Å². The number of ether oxygens (including phenoxy) is 1. The van der Waals surface area contributed by atoms with Gasteiger partial charge in [0.1, 0.15) is 12.3 Å². The van der Waals surface area contributed by atoms with Crippen molar-refractivity contribution in [1.29, 1.82) is 0 Å². The largest absolute Gasteiger partial charge is 0.496 e. The number of aliphatic imine (C=N–C) groups is 1. The summed E-state index contributed by atoms with van der Waals surface area (Å²) in [5, 5.41) is 2.90. The lowest BCUT2D eigenvalue weighted by atomic mass is 10.1. The predicted molar refractivity (Wildman–Crippen MR) is 108 cm³/mol. The van der Waals surface area contributed by atoms with Gasteiger partial charge in [0.25, 0.3) is 0 Å². The van der Waals surface area contributed by atoms with Crippen molar-refractivity contribution in [3.05, 3.63) is 54.1 Å². The van der Waals surface area contributed by atoms with E-state index in [1.54, 1.807) is 12.0 Å². The van der Waals surface area contributed by atoms with E-state index in [4.69, 9.17) is 9.73 Å². The van der Waals surface area contributed by atoms with Crippen LogP contribution in [0.3, 0.4) is 0 Å². The van der Waals surface area contributed by atoms with Crippen LogP contribution in [0, 0.1) is 5.92 Å². The van der Waals surface area contributed by atoms with Crippen molar-refractivity contribution in [2.24, 2.45) is 10.9 Å². The molecular formula is C22H23N3O3. The quantitative estimate of drug-likeness (QED) is 0.870. The van der Waals surface area contributed by atoms with Crippen LogP contribution in [-0.4, -0.2) is 31.2 Å². The lowest BCUT2D eigenvalue weighted by Crippen LogP contribution is -2.43. The summed E-state index contributed by atoms with van der Waals surface area (Å²) in [4.78, 5) is 32.1. The Kier molecular flexibility index (Phi) is 5.10. The number of para-hydroxylation sites is 3. The van der Waals surface area contributed by atoms with Gasteiger partial charge in [0.05, 0.1) is 24.4 Å². The first-order valence-electron chi connectivity index (χ1n) is 9.54.